The van der Waals surface area contributed by atoms with Gasteiger partial charge < -0.3 is 5.32 Å². The molecule has 0 saturated carbocycles. The first-order valence-electron chi connectivity index (χ1n) is 6.29. The number of fused-ring (bicyclic) bond motifs is 1. The topological polar surface area (TPSA) is 105 Å². The van der Waals surface area contributed by atoms with E-state index in [4.69, 9.17) is 0 Å². The number of H-pyrrole nitrogens is 1. The van der Waals surface area contributed by atoms with Crippen LogP contribution in [0.1, 0.15) is 29.1 Å². The Morgan fingerprint density at radius 3 is 3.00 bits per heavy atom. The van der Waals surface area contributed by atoms with Crippen molar-refractivity contribution in [2.75, 3.05) is 0 Å². The highest BCUT2D eigenvalue weighted by atomic mass is 16.2. The Labute approximate surface area is 118 Å². The fraction of sp³-hybridized carbons (Fsp3) is 0.154. The molecule has 0 radical (unpaired) electrons. The van der Waals surface area contributed by atoms with E-state index in [1.54, 1.807) is 31.3 Å². The van der Waals surface area contributed by atoms with Gasteiger partial charge in [-0.3, -0.25) is 19.1 Å². The van der Waals surface area contributed by atoms with Gasteiger partial charge in [-0.2, -0.15) is 5.10 Å². The number of amides is 1. The molecule has 3 aromatic heterocycles. The molecule has 1 amide bonds. The van der Waals surface area contributed by atoms with Crippen LogP contribution in [0.5, 0.6) is 0 Å². The Bertz CT molecular complexity index is 839. The molecule has 8 heteroatoms. The first kappa shape index (κ1) is 13.0. The summed E-state index contributed by atoms with van der Waals surface area (Å²) in [6, 6.07) is 4.78. The van der Waals surface area contributed by atoms with Gasteiger partial charge in [-0.25, -0.2) is 9.97 Å². The van der Waals surface area contributed by atoms with Gasteiger partial charge in [-0.1, -0.05) is 6.07 Å². The van der Waals surface area contributed by atoms with Gasteiger partial charge in [0.15, 0.2) is 0 Å². The standard InChI is InChI=1S/C13H12N6O2/c1-8(11-15-7-16-18-11)17-12(20)9-6-14-10-4-2-3-5-19(10)13(9)21/h2-8H,1H3,(H,17,20)(H,15,16,18). The molecular formula is C13H12N6O2. The van der Waals surface area contributed by atoms with Gasteiger partial charge in [-0.15, -0.1) is 0 Å². The van der Waals surface area contributed by atoms with E-state index in [1.807, 2.05) is 0 Å². The first-order valence-corrected chi connectivity index (χ1v) is 6.29. The number of aromatic nitrogens is 5. The summed E-state index contributed by atoms with van der Waals surface area (Å²) in [4.78, 5) is 32.5. The number of carbonyl (C=O) groups excluding carboxylic acids is 1. The summed E-state index contributed by atoms with van der Waals surface area (Å²) < 4.78 is 1.33. The number of rotatable bonds is 3. The largest absolute Gasteiger partial charge is 0.342 e. The number of nitrogens with zero attached hydrogens (tertiary/aromatic N) is 4. The zero-order valence-corrected chi connectivity index (χ0v) is 11.1. The Morgan fingerprint density at radius 2 is 2.24 bits per heavy atom. The van der Waals surface area contributed by atoms with E-state index in [-0.39, 0.29) is 5.56 Å². The maximum atomic E-state index is 12.3. The van der Waals surface area contributed by atoms with Crippen LogP contribution < -0.4 is 10.9 Å². The first-order chi connectivity index (χ1) is 10.2. The number of hydrogen-bond acceptors (Lipinski definition) is 5. The predicted molar refractivity (Wildman–Crippen MR) is 73.7 cm³/mol. The van der Waals surface area contributed by atoms with Crippen molar-refractivity contribution in [1.82, 2.24) is 29.9 Å². The monoisotopic (exact) mass is 284 g/mol. The Hall–Kier alpha value is -3.03. The predicted octanol–water partition coefficient (Wildman–Crippen LogP) is 0.304. The van der Waals surface area contributed by atoms with Crippen LogP contribution in [-0.4, -0.2) is 30.5 Å². The van der Waals surface area contributed by atoms with Crippen molar-refractivity contribution in [2.45, 2.75) is 13.0 Å². The fourth-order valence-corrected chi connectivity index (χ4v) is 1.95. The molecule has 0 bridgehead atoms. The fourth-order valence-electron chi connectivity index (χ4n) is 1.95. The number of carbonyl (C=O) groups is 1. The molecule has 3 heterocycles. The van der Waals surface area contributed by atoms with Crippen molar-refractivity contribution in [3.8, 4) is 0 Å². The SMILES string of the molecule is CC(NC(=O)c1cnc2ccccn2c1=O)c1ncn[nH]1. The average Bonchev–Trinajstić information content (AvgIpc) is 3.02. The molecule has 0 aliphatic heterocycles. The van der Waals surface area contributed by atoms with Crippen LogP contribution in [0.25, 0.3) is 5.65 Å². The molecule has 1 unspecified atom stereocenters. The lowest BCUT2D eigenvalue weighted by Gasteiger charge is -2.10. The summed E-state index contributed by atoms with van der Waals surface area (Å²) in [5.74, 6) is 0.00635. The van der Waals surface area contributed by atoms with E-state index in [0.29, 0.717) is 11.5 Å². The van der Waals surface area contributed by atoms with E-state index < -0.39 is 17.5 Å². The molecule has 0 saturated heterocycles. The quantitative estimate of drug-likeness (QED) is 0.720. The normalized spacial score (nSPS) is 12.2. The molecule has 0 spiro atoms. The van der Waals surface area contributed by atoms with Crippen molar-refractivity contribution in [2.24, 2.45) is 0 Å². The van der Waals surface area contributed by atoms with Crippen LogP contribution in [0.3, 0.4) is 0 Å². The highest BCUT2D eigenvalue weighted by Crippen LogP contribution is 2.05. The minimum Gasteiger partial charge on any atom is -0.342 e. The molecule has 106 valence electrons. The Balaban J connectivity index is 1.92. The lowest BCUT2D eigenvalue weighted by molar-refractivity contribution is 0.0936. The van der Waals surface area contributed by atoms with Crippen molar-refractivity contribution >= 4 is 11.6 Å². The Morgan fingerprint density at radius 1 is 1.38 bits per heavy atom. The molecule has 1 atom stereocenters. The maximum absolute atomic E-state index is 12.3. The number of pyridine rings is 1. The Kier molecular flexibility index (Phi) is 3.19. The number of aromatic amines is 1. The van der Waals surface area contributed by atoms with Gasteiger partial charge >= 0.3 is 0 Å². The van der Waals surface area contributed by atoms with E-state index in [2.05, 4.69) is 25.5 Å². The highest BCUT2D eigenvalue weighted by molar-refractivity contribution is 5.93. The summed E-state index contributed by atoms with van der Waals surface area (Å²) >= 11 is 0. The van der Waals surface area contributed by atoms with Crippen LogP contribution in [0.4, 0.5) is 0 Å². The van der Waals surface area contributed by atoms with Crippen LogP contribution >= 0.6 is 0 Å². The summed E-state index contributed by atoms with van der Waals surface area (Å²) in [6.45, 7) is 1.74. The van der Waals surface area contributed by atoms with Crippen molar-refractivity contribution in [3.63, 3.8) is 0 Å². The lowest BCUT2D eigenvalue weighted by atomic mass is 10.2. The second-order valence-electron chi connectivity index (χ2n) is 4.47. The molecule has 3 aromatic rings. The van der Waals surface area contributed by atoms with Gasteiger partial charge in [0.2, 0.25) is 0 Å². The lowest BCUT2D eigenvalue weighted by Crippen LogP contribution is -2.33. The second kappa shape index (κ2) is 5.16. The van der Waals surface area contributed by atoms with E-state index in [1.165, 1.54) is 16.9 Å². The molecule has 2 N–H and O–H groups in total. The van der Waals surface area contributed by atoms with E-state index in [0.717, 1.165) is 0 Å². The van der Waals surface area contributed by atoms with Crippen LogP contribution in [-0.2, 0) is 0 Å². The minimum absolute atomic E-state index is 0.0231. The summed E-state index contributed by atoms with van der Waals surface area (Å²) in [5.41, 5.74) is 0.0512. The van der Waals surface area contributed by atoms with Gasteiger partial charge in [0.1, 0.15) is 23.4 Å². The van der Waals surface area contributed by atoms with Gasteiger partial charge in [-0.05, 0) is 19.1 Å². The zero-order valence-electron chi connectivity index (χ0n) is 11.1. The highest BCUT2D eigenvalue weighted by Gasteiger charge is 2.17. The molecule has 3 rings (SSSR count). The number of nitrogens with one attached hydrogen (secondary N) is 2. The molecular weight excluding hydrogens is 272 g/mol. The molecule has 8 nitrogen and oxygen atoms in total. The average molecular weight is 284 g/mol. The second-order valence-corrected chi connectivity index (χ2v) is 4.47. The van der Waals surface area contributed by atoms with Gasteiger partial charge in [0.05, 0.1) is 6.04 Å². The maximum Gasteiger partial charge on any atom is 0.270 e. The summed E-state index contributed by atoms with van der Waals surface area (Å²) in [7, 11) is 0. The minimum atomic E-state index is -0.505. The third kappa shape index (κ3) is 2.38. The molecule has 0 aromatic carbocycles. The smallest absolute Gasteiger partial charge is 0.270 e. The molecule has 21 heavy (non-hydrogen) atoms. The number of hydrogen-bond donors (Lipinski definition) is 2. The molecule has 0 aliphatic carbocycles. The van der Waals surface area contributed by atoms with Crippen LogP contribution in [0, 0.1) is 0 Å². The summed E-state index contributed by atoms with van der Waals surface area (Å²) in [5, 5.41) is 9.06. The van der Waals surface area contributed by atoms with Gasteiger partial charge in [0.25, 0.3) is 11.5 Å². The van der Waals surface area contributed by atoms with E-state index in [9.17, 15) is 9.59 Å². The van der Waals surface area contributed by atoms with Crippen molar-refractivity contribution in [1.29, 1.82) is 0 Å². The van der Waals surface area contributed by atoms with Crippen LogP contribution in [0.2, 0.25) is 0 Å². The molecule has 0 fully saturated rings. The van der Waals surface area contributed by atoms with Crippen LogP contribution in [0.15, 0.2) is 41.7 Å². The van der Waals surface area contributed by atoms with E-state index >= 15 is 0 Å². The summed E-state index contributed by atoms with van der Waals surface area (Å²) in [6.07, 6.45) is 4.20. The molecule has 0 aliphatic rings. The zero-order chi connectivity index (χ0) is 14.8. The van der Waals surface area contributed by atoms with Crippen molar-refractivity contribution in [3.05, 3.63) is 58.7 Å². The van der Waals surface area contributed by atoms with Crippen molar-refractivity contribution < 1.29 is 4.79 Å². The third-order valence-electron chi connectivity index (χ3n) is 3.05. The van der Waals surface area contributed by atoms with Gasteiger partial charge in [0, 0.05) is 12.4 Å². The third-order valence-corrected chi connectivity index (χ3v) is 3.05.